The highest BCUT2D eigenvalue weighted by Gasteiger charge is 2.11. The fourth-order valence-corrected chi connectivity index (χ4v) is 2.33. The lowest BCUT2D eigenvalue weighted by Gasteiger charge is -2.04. The van der Waals surface area contributed by atoms with Crippen molar-refractivity contribution < 1.29 is 9.53 Å². The lowest BCUT2D eigenvalue weighted by Crippen LogP contribution is -2.23. The van der Waals surface area contributed by atoms with E-state index in [-0.39, 0.29) is 5.91 Å². The number of hydrogen-bond acceptors (Lipinski definition) is 3. The number of carbonyl (C=O) groups excluding carboxylic acids is 1. The van der Waals surface area contributed by atoms with E-state index in [1.54, 1.807) is 13.2 Å². The first-order chi connectivity index (χ1) is 11.7. The zero-order valence-corrected chi connectivity index (χ0v) is 13.7. The van der Waals surface area contributed by atoms with Crippen LogP contribution in [0.1, 0.15) is 21.6 Å². The maximum atomic E-state index is 12.2. The van der Waals surface area contributed by atoms with Gasteiger partial charge < -0.3 is 10.1 Å². The van der Waals surface area contributed by atoms with Gasteiger partial charge in [0, 0.05) is 12.1 Å². The molecule has 0 bridgehead atoms. The maximum Gasteiger partial charge on any atom is 0.269 e. The van der Waals surface area contributed by atoms with Crippen LogP contribution in [0.3, 0.4) is 0 Å². The van der Waals surface area contributed by atoms with Crippen LogP contribution in [0.15, 0.2) is 54.6 Å². The molecule has 5 nitrogen and oxygen atoms in total. The third-order valence-corrected chi connectivity index (χ3v) is 3.78. The largest absolute Gasteiger partial charge is 0.497 e. The molecule has 0 radical (unpaired) electrons. The minimum atomic E-state index is -0.178. The van der Waals surface area contributed by atoms with Gasteiger partial charge in [-0.2, -0.15) is 5.10 Å². The molecule has 2 aromatic carbocycles. The first-order valence-electron chi connectivity index (χ1n) is 7.69. The Balaban J connectivity index is 1.65. The lowest BCUT2D eigenvalue weighted by atomic mass is 10.1. The minimum absolute atomic E-state index is 0.178. The third kappa shape index (κ3) is 3.63. The summed E-state index contributed by atoms with van der Waals surface area (Å²) in [7, 11) is 1.63. The standard InChI is InChI=1S/C19H19N3O2/c1-13-3-5-14(6-4-13)12-20-19(23)18-11-17(21-22-18)15-7-9-16(24-2)10-8-15/h3-11H,12H2,1-2H3,(H,20,23)(H,21,22). The number of aromatic nitrogens is 2. The van der Waals surface area contributed by atoms with Crippen molar-refractivity contribution in [2.24, 2.45) is 0 Å². The van der Waals surface area contributed by atoms with Crippen molar-refractivity contribution in [2.75, 3.05) is 7.11 Å². The molecule has 1 amide bonds. The normalized spacial score (nSPS) is 10.4. The molecule has 122 valence electrons. The van der Waals surface area contributed by atoms with Crippen molar-refractivity contribution in [1.82, 2.24) is 15.5 Å². The Morgan fingerprint density at radius 1 is 1.12 bits per heavy atom. The average Bonchev–Trinajstić information content (AvgIpc) is 3.11. The Morgan fingerprint density at radius 2 is 1.83 bits per heavy atom. The van der Waals surface area contributed by atoms with Gasteiger partial charge in [-0.3, -0.25) is 9.89 Å². The van der Waals surface area contributed by atoms with Gasteiger partial charge in [0.25, 0.3) is 5.91 Å². The molecule has 2 N–H and O–H groups in total. The molecule has 3 aromatic rings. The molecule has 0 aliphatic rings. The van der Waals surface area contributed by atoms with E-state index in [0.717, 1.165) is 22.6 Å². The number of nitrogens with zero attached hydrogens (tertiary/aromatic N) is 1. The van der Waals surface area contributed by atoms with Gasteiger partial charge in [-0.25, -0.2) is 0 Å². The van der Waals surface area contributed by atoms with E-state index in [0.29, 0.717) is 12.2 Å². The molecule has 1 heterocycles. The molecule has 0 aliphatic heterocycles. The first-order valence-corrected chi connectivity index (χ1v) is 7.69. The van der Waals surface area contributed by atoms with Gasteiger partial charge in [0.05, 0.1) is 12.8 Å². The number of carbonyl (C=O) groups is 1. The number of hydrogen-bond donors (Lipinski definition) is 2. The minimum Gasteiger partial charge on any atom is -0.497 e. The van der Waals surface area contributed by atoms with E-state index in [1.165, 1.54) is 5.56 Å². The smallest absolute Gasteiger partial charge is 0.269 e. The summed E-state index contributed by atoms with van der Waals surface area (Å²) >= 11 is 0. The lowest BCUT2D eigenvalue weighted by molar-refractivity contribution is 0.0946. The summed E-state index contributed by atoms with van der Waals surface area (Å²) in [4.78, 5) is 12.2. The summed E-state index contributed by atoms with van der Waals surface area (Å²) in [6.07, 6.45) is 0. The number of aromatic amines is 1. The van der Waals surface area contributed by atoms with Gasteiger partial charge in [0.1, 0.15) is 11.4 Å². The highest BCUT2D eigenvalue weighted by atomic mass is 16.5. The Hall–Kier alpha value is -3.08. The number of benzene rings is 2. The monoisotopic (exact) mass is 321 g/mol. The summed E-state index contributed by atoms with van der Waals surface area (Å²) in [5.41, 5.74) is 4.34. The van der Waals surface area contributed by atoms with Crippen LogP contribution in [-0.4, -0.2) is 23.2 Å². The van der Waals surface area contributed by atoms with Gasteiger partial charge in [0.2, 0.25) is 0 Å². The summed E-state index contributed by atoms with van der Waals surface area (Å²) in [6.45, 7) is 2.52. The fraction of sp³-hybridized carbons (Fsp3) is 0.158. The van der Waals surface area contributed by atoms with E-state index in [1.807, 2.05) is 55.5 Å². The summed E-state index contributed by atoms with van der Waals surface area (Å²) in [6, 6.07) is 17.3. The molecule has 0 saturated carbocycles. The predicted octanol–water partition coefficient (Wildman–Crippen LogP) is 3.32. The van der Waals surface area contributed by atoms with Crippen LogP contribution in [0.2, 0.25) is 0 Å². The molecule has 0 aliphatic carbocycles. The Bertz CT molecular complexity index is 821. The summed E-state index contributed by atoms with van der Waals surface area (Å²) in [5, 5.41) is 9.88. The van der Waals surface area contributed by atoms with Crippen LogP contribution in [0.4, 0.5) is 0 Å². The molecule has 5 heteroatoms. The quantitative estimate of drug-likeness (QED) is 0.757. The average molecular weight is 321 g/mol. The molecular formula is C19H19N3O2. The number of H-pyrrole nitrogens is 1. The van der Waals surface area contributed by atoms with Crippen LogP contribution in [0.25, 0.3) is 11.3 Å². The van der Waals surface area contributed by atoms with Gasteiger partial charge in [-0.15, -0.1) is 0 Å². The third-order valence-electron chi connectivity index (χ3n) is 3.78. The van der Waals surface area contributed by atoms with Crippen molar-refractivity contribution >= 4 is 5.91 Å². The molecule has 0 saturated heterocycles. The van der Waals surface area contributed by atoms with E-state index < -0.39 is 0 Å². The molecule has 0 spiro atoms. The van der Waals surface area contributed by atoms with Gasteiger partial charge in [-0.05, 0) is 42.8 Å². The summed E-state index contributed by atoms with van der Waals surface area (Å²) < 4.78 is 5.14. The van der Waals surface area contributed by atoms with Crippen LogP contribution in [0.5, 0.6) is 5.75 Å². The molecule has 1 aromatic heterocycles. The predicted molar refractivity (Wildman–Crippen MR) is 92.9 cm³/mol. The van der Waals surface area contributed by atoms with Crippen molar-refractivity contribution in [3.05, 3.63) is 71.4 Å². The second kappa shape index (κ2) is 7.00. The Labute approximate surface area is 140 Å². The Morgan fingerprint density at radius 3 is 2.50 bits per heavy atom. The molecule has 3 rings (SSSR count). The number of aryl methyl sites for hydroxylation is 1. The maximum absolute atomic E-state index is 12.2. The van der Waals surface area contributed by atoms with Crippen molar-refractivity contribution in [2.45, 2.75) is 13.5 Å². The van der Waals surface area contributed by atoms with E-state index in [2.05, 4.69) is 15.5 Å². The zero-order chi connectivity index (χ0) is 16.9. The number of rotatable bonds is 5. The topological polar surface area (TPSA) is 67.0 Å². The molecule has 0 fully saturated rings. The van der Waals surface area contributed by atoms with Crippen LogP contribution in [-0.2, 0) is 6.54 Å². The SMILES string of the molecule is COc1ccc(-c2cc(C(=O)NCc3ccc(C)cc3)[nH]n2)cc1. The number of amides is 1. The van der Waals surface area contributed by atoms with Gasteiger partial charge in [-0.1, -0.05) is 29.8 Å². The summed E-state index contributed by atoms with van der Waals surface area (Å²) in [5.74, 6) is 0.605. The van der Waals surface area contributed by atoms with E-state index >= 15 is 0 Å². The molecule has 0 atom stereocenters. The number of nitrogens with one attached hydrogen (secondary N) is 2. The number of methoxy groups -OCH3 is 1. The highest BCUT2D eigenvalue weighted by molar-refractivity contribution is 5.93. The number of ether oxygens (including phenoxy) is 1. The highest BCUT2D eigenvalue weighted by Crippen LogP contribution is 2.21. The Kier molecular flexibility index (Phi) is 4.61. The first kappa shape index (κ1) is 15.8. The van der Waals surface area contributed by atoms with Crippen LogP contribution >= 0.6 is 0 Å². The molecule has 0 unspecified atom stereocenters. The second-order valence-corrected chi connectivity index (χ2v) is 5.56. The fourth-order valence-electron chi connectivity index (χ4n) is 2.33. The van der Waals surface area contributed by atoms with E-state index in [9.17, 15) is 4.79 Å². The zero-order valence-electron chi connectivity index (χ0n) is 13.7. The van der Waals surface area contributed by atoms with Gasteiger partial charge >= 0.3 is 0 Å². The van der Waals surface area contributed by atoms with Crippen molar-refractivity contribution in [1.29, 1.82) is 0 Å². The second-order valence-electron chi connectivity index (χ2n) is 5.56. The van der Waals surface area contributed by atoms with Crippen molar-refractivity contribution in [3.63, 3.8) is 0 Å². The van der Waals surface area contributed by atoms with E-state index in [4.69, 9.17) is 4.74 Å². The molecule has 24 heavy (non-hydrogen) atoms. The van der Waals surface area contributed by atoms with Crippen LogP contribution in [0, 0.1) is 6.92 Å². The van der Waals surface area contributed by atoms with Crippen LogP contribution < -0.4 is 10.1 Å². The van der Waals surface area contributed by atoms with Crippen molar-refractivity contribution in [3.8, 4) is 17.0 Å². The molecular weight excluding hydrogens is 302 g/mol. The van der Waals surface area contributed by atoms with Gasteiger partial charge in [0.15, 0.2) is 0 Å².